The zero-order chi connectivity index (χ0) is 24.9. The van der Waals surface area contributed by atoms with Crippen molar-refractivity contribution in [3.05, 3.63) is 91.7 Å². The zero-order valence-corrected chi connectivity index (χ0v) is 22.3. The Morgan fingerprint density at radius 1 is 0.657 bits per heavy atom. The number of H-pyrrole nitrogens is 1. The number of nitrogens with zero attached hydrogens (tertiary/aromatic N) is 2. The SMILES string of the molecule is CCC1=C(C)C2=NC1=Cc1[nH]c(c(CC)c1CC)C=C1N=C(C=C3C=CC(=C2)C3C)C(C)=C1CC. The number of aliphatic imine (C=N–C) groups is 2. The Balaban J connectivity index is 1.81. The molecule has 35 heavy (non-hydrogen) atoms. The van der Waals surface area contributed by atoms with Gasteiger partial charge in [-0.15, -0.1) is 0 Å². The van der Waals surface area contributed by atoms with Gasteiger partial charge in [0.25, 0.3) is 0 Å². The van der Waals surface area contributed by atoms with Crippen molar-refractivity contribution in [1.82, 2.24) is 4.98 Å². The van der Waals surface area contributed by atoms with Crippen molar-refractivity contribution < 1.29 is 0 Å². The van der Waals surface area contributed by atoms with Crippen LogP contribution in [0.15, 0.2) is 79.1 Å². The predicted molar refractivity (Wildman–Crippen MR) is 151 cm³/mol. The van der Waals surface area contributed by atoms with Gasteiger partial charge >= 0.3 is 0 Å². The maximum Gasteiger partial charge on any atom is 0.0693 e. The molecule has 4 aliphatic rings. The van der Waals surface area contributed by atoms with Crippen LogP contribution in [0.3, 0.4) is 0 Å². The van der Waals surface area contributed by atoms with E-state index in [1.54, 1.807) is 0 Å². The lowest BCUT2D eigenvalue weighted by atomic mass is 9.94. The molecule has 3 heteroatoms. The number of rotatable bonds is 4. The Bertz CT molecular complexity index is 1280. The minimum Gasteiger partial charge on any atom is -0.355 e. The summed E-state index contributed by atoms with van der Waals surface area (Å²) in [6.45, 7) is 15.7. The van der Waals surface area contributed by atoms with Crippen molar-refractivity contribution in [2.45, 2.75) is 74.1 Å². The van der Waals surface area contributed by atoms with Crippen molar-refractivity contribution in [2.24, 2.45) is 15.9 Å². The Hall–Kier alpha value is -3.20. The zero-order valence-electron chi connectivity index (χ0n) is 22.3. The molecule has 0 saturated heterocycles. The summed E-state index contributed by atoms with van der Waals surface area (Å²) in [6, 6.07) is 0. The maximum atomic E-state index is 5.15. The first-order chi connectivity index (χ1) is 16.9. The Labute approximate surface area is 210 Å². The smallest absolute Gasteiger partial charge is 0.0693 e. The van der Waals surface area contributed by atoms with Gasteiger partial charge in [-0.25, -0.2) is 9.98 Å². The summed E-state index contributed by atoms with van der Waals surface area (Å²) in [6.07, 6.45) is 17.6. The molecular weight excluding hydrogens is 426 g/mol. The molecule has 4 heterocycles. The van der Waals surface area contributed by atoms with Crippen LogP contribution in [0.4, 0.5) is 0 Å². The first-order valence-electron chi connectivity index (χ1n) is 13.3. The van der Waals surface area contributed by atoms with Crippen molar-refractivity contribution in [2.75, 3.05) is 0 Å². The number of allylic oxidation sites excluding steroid dienone is 10. The summed E-state index contributed by atoms with van der Waals surface area (Å²) >= 11 is 0. The van der Waals surface area contributed by atoms with Crippen LogP contribution in [-0.4, -0.2) is 16.4 Å². The van der Waals surface area contributed by atoms with Gasteiger partial charge < -0.3 is 4.98 Å². The molecule has 0 amide bonds. The van der Waals surface area contributed by atoms with Crippen LogP contribution < -0.4 is 0 Å². The second-order valence-corrected chi connectivity index (χ2v) is 9.93. The van der Waals surface area contributed by atoms with E-state index in [2.05, 4.69) is 89.9 Å². The minimum absolute atomic E-state index is 0.326. The summed E-state index contributed by atoms with van der Waals surface area (Å²) in [7, 11) is 0. The first-order valence-corrected chi connectivity index (χ1v) is 13.3. The summed E-state index contributed by atoms with van der Waals surface area (Å²) < 4.78 is 0. The Morgan fingerprint density at radius 2 is 1.09 bits per heavy atom. The molecule has 0 unspecified atom stereocenters. The van der Waals surface area contributed by atoms with Gasteiger partial charge in [0.1, 0.15) is 0 Å². The highest BCUT2D eigenvalue weighted by Crippen LogP contribution is 2.37. The number of hydrogen-bond acceptors (Lipinski definition) is 2. The second-order valence-electron chi connectivity index (χ2n) is 9.93. The Kier molecular flexibility index (Phi) is 6.13. The van der Waals surface area contributed by atoms with Gasteiger partial charge in [-0.2, -0.15) is 0 Å². The topological polar surface area (TPSA) is 40.5 Å². The molecule has 0 atom stereocenters. The number of hydrogen-bond donors (Lipinski definition) is 1. The molecule has 0 saturated carbocycles. The average molecular weight is 464 g/mol. The van der Waals surface area contributed by atoms with E-state index >= 15 is 0 Å². The normalized spacial score (nSPS) is 21.3. The number of aromatic amines is 1. The van der Waals surface area contributed by atoms with Crippen LogP contribution in [-0.2, 0) is 12.8 Å². The molecular formula is C32H37N3. The van der Waals surface area contributed by atoms with Crippen LogP contribution in [0.1, 0.15) is 83.8 Å². The van der Waals surface area contributed by atoms with E-state index < -0.39 is 0 Å². The fourth-order valence-electron chi connectivity index (χ4n) is 5.95. The molecule has 0 fully saturated rings. The lowest BCUT2D eigenvalue weighted by Gasteiger charge is -2.09. The van der Waals surface area contributed by atoms with E-state index in [4.69, 9.17) is 9.98 Å². The number of fused-ring (bicyclic) bond motifs is 6. The molecule has 0 spiro atoms. The molecule has 5 rings (SSSR count). The molecule has 180 valence electrons. The average Bonchev–Trinajstić information content (AvgIpc) is 3.54. The highest BCUT2D eigenvalue weighted by atomic mass is 14.8. The molecule has 0 radical (unpaired) electrons. The van der Waals surface area contributed by atoms with Crippen molar-refractivity contribution in [3.8, 4) is 0 Å². The van der Waals surface area contributed by atoms with Crippen LogP contribution >= 0.6 is 0 Å². The summed E-state index contributed by atoms with van der Waals surface area (Å²) in [4.78, 5) is 14.1. The van der Waals surface area contributed by atoms with Crippen LogP contribution in [0, 0.1) is 5.92 Å². The molecule has 3 aliphatic heterocycles. The third-order valence-corrected chi connectivity index (χ3v) is 8.11. The number of aromatic nitrogens is 1. The maximum absolute atomic E-state index is 5.15. The van der Waals surface area contributed by atoms with E-state index in [1.165, 1.54) is 56.0 Å². The molecule has 3 nitrogen and oxygen atoms in total. The molecule has 1 aromatic rings. The van der Waals surface area contributed by atoms with E-state index in [-0.39, 0.29) is 0 Å². The van der Waals surface area contributed by atoms with Gasteiger partial charge in [0, 0.05) is 17.3 Å². The Morgan fingerprint density at radius 3 is 1.46 bits per heavy atom. The van der Waals surface area contributed by atoms with Crippen LogP contribution in [0.5, 0.6) is 0 Å². The highest BCUT2D eigenvalue weighted by Gasteiger charge is 2.25. The van der Waals surface area contributed by atoms with Gasteiger partial charge in [0.05, 0.1) is 22.8 Å². The van der Waals surface area contributed by atoms with Gasteiger partial charge in [-0.1, -0.05) is 46.8 Å². The molecule has 1 aromatic heterocycles. The lowest BCUT2D eigenvalue weighted by molar-refractivity contribution is 0.877. The van der Waals surface area contributed by atoms with Gasteiger partial charge in [0.2, 0.25) is 0 Å². The van der Waals surface area contributed by atoms with Crippen molar-refractivity contribution in [1.29, 1.82) is 0 Å². The monoisotopic (exact) mass is 463 g/mol. The molecule has 1 N–H and O–H groups in total. The third-order valence-electron chi connectivity index (χ3n) is 8.11. The summed E-state index contributed by atoms with van der Waals surface area (Å²) in [5.74, 6) is 0.326. The fourth-order valence-corrected chi connectivity index (χ4v) is 5.95. The summed E-state index contributed by atoms with van der Waals surface area (Å²) in [5, 5.41) is 0. The van der Waals surface area contributed by atoms with Gasteiger partial charge in [-0.3, -0.25) is 0 Å². The van der Waals surface area contributed by atoms with Crippen LogP contribution in [0.2, 0.25) is 0 Å². The third kappa shape index (κ3) is 3.82. The highest BCUT2D eigenvalue weighted by molar-refractivity contribution is 6.14. The minimum atomic E-state index is 0.326. The quantitative estimate of drug-likeness (QED) is 0.467. The van der Waals surface area contributed by atoms with E-state index in [0.717, 1.165) is 48.5 Å². The molecule has 1 aliphatic carbocycles. The van der Waals surface area contributed by atoms with Crippen molar-refractivity contribution in [3.63, 3.8) is 0 Å². The van der Waals surface area contributed by atoms with Gasteiger partial charge in [0.15, 0.2) is 0 Å². The lowest BCUT2D eigenvalue weighted by Crippen LogP contribution is -2.02. The van der Waals surface area contributed by atoms with Crippen LogP contribution in [0.25, 0.3) is 12.2 Å². The fraction of sp³-hybridized carbons (Fsp3) is 0.375. The molecule has 8 bridgehead atoms. The second kappa shape index (κ2) is 9.11. The molecule has 0 aromatic carbocycles. The van der Waals surface area contributed by atoms with Crippen molar-refractivity contribution >= 4 is 23.6 Å². The van der Waals surface area contributed by atoms with E-state index in [9.17, 15) is 0 Å². The first kappa shape index (κ1) is 23.5. The van der Waals surface area contributed by atoms with E-state index in [0.29, 0.717) is 5.92 Å². The van der Waals surface area contributed by atoms with E-state index in [1.807, 2.05) is 0 Å². The standard InChI is InChI=1S/C32H37N3/c1-8-23-19(6)27-14-21-12-13-22(18(21)5)15-28-20(7)24(9-2)30(34-28)17-32-26(11-4)25(10-3)31(35-32)16-29(23)33-27/h12-18,35H,8-11H2,1-7H3. The predicted octanol–water partition coefficient (Wildman–Crippen LogP) is 8.26. The van der Waals surface area contributed by atoms with Gasteiger partial charge in [-0.05, 0) is 108 Å². The largest absolute Gasteiger partial charge is 0.355 e. The summed E-state index contributed by atoms with van der Waals surface area (Å²) in [5.41, 5.74) is 17.5. The number of nitrogens with one attached hydrogen (secondary N) is 1.